The van der Waals surface area contributed by atoms with Crippen molar-refractivity contribution in [2.24, 2.45) is 0 Å². The fourth-order valence-electron chi connectivity index (χ4n) is 3.41. The molecule has 2 N–H and O–H groups in total. The minimum atomic E-state index is -4.31. The van der Waals surface area contributed by atoms with Crippen molar-refractivity contribution in [3.8, 4) is 0 Å². The highest BCUT2D eigenvalue weighted by Gasteiger charge is 2.21. The Kier molecular flexibility index (Phi) is 8.37. The van der Waals surface area contributed by atoms with Gasteiger partial charge in [-0.3, -0.25) is 9.44 Å². The molecule has 208 valence electrons. The van der Waals surface area contributed by atoms with Gasteiger partial charge >= 0.3 is 5.97 Å². The van der Waals surface area contributed by atoms with Crippen LogP contribution in [0.3, 0.4) is 0 Å². The van der Waals surface area contributed by atoms with E-state index in [4.69, 9.17) is 16.3 Å². The largest absolute Gasteiger partial charge is 0.457 e. The molecule has 0 spiro atoms. The zero-order valence-corrected chi connectivity index (χ0v) is 22.5. The number of sulfonamides is 2. The van der Waals surface area contributed by atoms with Crippen molar-refractivity contribution < 1.29 is 39.5 Å². The van der Waals surface area contributed by atoms with E-state index in [0.717, 1.165) is 72.8 Å². The molecule has 4 aromatic rings. The second kappa shape index (κ2) is 11.6. The molecule has 40 heavy (non-hydrogen) atoms. The summed E-state index contributed by atoms with van der Waals surface area (Å²) < 4.78 is 102. The molecule has 0 aliphatic rings. The summed E-state index contributed by atoms with van der Waals surface area (Å²) in [5.41, 5.74) is -0.953. The zero-order chi connectivity index (χ0) is 29.1. The van der Waals surface area contributed by atoms with Gasteiger partial charge in [-0.15, -0.1) is 0 Å². The summed E-state index contributed by atoms with van der Waals surface area (Å²) in [5, 5.41) is 0.00126. The first-order valence-corrected chi connectivity index (χ1v) is 14.5. The molecule has 0 bridgehead atoms. The molecule has 0 aliphatic carbocycles. The van der Waals surface area contributed by atoms with Crippen LogP contribution in [0.1, 0.15) is 15.9 Å². The summed E-state index contributed by atoms with van der Waals surface area (Å²) in [4.78, 5) is 12.2. The van der Waals surface area contributed by atoms with Crippen LogP contribution in [0.2, 0.25) is 5.02 Å². The van der Waals surface area contributed by atoms with Crippen LogP contribution in [0, 0.1) is 17.5 Å². The molecular formula is C26H18ClF3N2O6S2. The summed E-state index contributed by atoms with van der Waals surface area (Å²) in [5.74, 6) is -3.13. The first kappa shape index (κ1) is 28.9. The minimum Gasteiger partial charge on any atom is -0.457 e. The Bertz CT molecular complexity index is 1670. The number of anilines is 2. The standard InChI is InChI=1S/C26H18ClF3N2O6S2/c27-24-2-1-3-25(30)23(24)15-38-26(33)16-12-19(31-39(34,35)21-8-4-17(28)5-9-21)14-20(13-16)32-40(36,37)22-10-6-18(29)7-11-22/h1-14,31-32H,15H2. The fraction of sp³-hybridized carbons (Fsp3) is 0.0385. The molecule has 0 aromatic heterocycles. The minimum absolute atomic E-state index is 0.00126. The number of nitrogens with one attached hydrogen (secondary N) is 2. The highest BCUT2D eigenvalue weighted by atomic mass is 35.5. The normalized spacial score (nSPS) is 11.6. The number of benzene rings is 4. The predicted octanol–water partition coefficient (Wildman–Crippen LogP) is 5.72. The third-order valence-electron chi connectivity index (χ3n) is 5.33. The Hall–Kier alpha value is -4.07. The average Bonchev–Trinajstić information content (AvgIpc) is 2.88. The smallest absolute Gasteiger partial charge is 0.338 e. The second-order valence-electron chi connectivity index (χ2n) is 8.19. The van der Waals surface area contributed by atoms with Crippen LogP contribution in [0.15, 0.2) is 94.7 Å². The van der Waals surface area contributed by atoms with E-state index in [-0.39, 0.29) is 37.3 Å². The zero-order valence-electron chi connectivity index (χ0n) is 20.1. The van der Waals surface area contributed by atoms with E-state index in [9.17, 15) is 34.8 Å². The van der Waals surface area contributed by atoms with E-state index in [1.54, 1.807) is 0 Å². The Morgan fingerprint density at radius 1 is 0.725 bits per heavy atom. The number of esters is 1. The van der Waals surface area contributed by atoms with Crippen molar-refractivity contribution in [2.45, 2.75) is 16.4 Å². The number of hydrogen-bond acceptors (Lipinski definition) is 6. The van der Waals surface area contributed by atoms with Crippen LogP contribution in [0.4, 0.5) is 24.5 Å². The van der Waals surface area contributed by atoms with Crippen molar-refractivity contribution in [1.29, 1.82) is 0 Å². The summed E-state index contributed by atoms with van der Waals surface area (Å²) in [6.45, 7) is -0.577. The summed E-state index contributed by atoms with van der Waals surface area (Å²) >= 11 is 5.96. The molecule has 4 rings (SSSR count). The first-order chi connectivity index (χ1) is 18.8. The van der Waals surface area contributed by atoms with E-state index in [2.05, 4.69) is 9.44 Å². The Morgan fingerprint density at radius 2 is 1.20 bits per heavy atom. The summed E-state index contributed by atoms with van der Waals surface area (Å²) in [6, 6.07) is 14.8. The Labute approximate surface area is 232 Å². The van der Waals surface area contributed by atoms with Gasteiger partial charge in [0.1, 0.15) is 24.1 Å². The van der Waals surface area contributed by atoms with Gasteiger partial charge < -0.3 is 4.74 Å². The van der Waals surface area contributed by atoms with Crippen LogP contribution in [-0.4, -0.2) is 22.8 Å². The van der Waals surface area contributed by atoms with Crippen LogP contribution in [-0.2, 0) is 31.4 Å². The molecule has 0 heterocycles. The number of rotatable bonds is 9. The van der Waals surface area contributed by atoms with Gasteiger partial charge in [-0.25, -0.2) is 34.8 Å². The van der Waals surface area contributed by atoms with Gasteiger partial charge in [0, 0.05) is 5.56 Å². The molecule has 0 amide bonds. The number of carbonyl (C=O) groups excluding carboxylic acids is 1. The molecule has 0 saturated heterocycles. The van der Waals surface area contributed by atoms with E-state index in [1.165, 1.54) is 12.1 Å². The highest BCUT2D eigenvalue weighted by Crippen LogP contribution is 2.26. The van der Waals surface area contributed by atoms with Crippen molar-refractivity contribution in [3.05, 3.63) is 119 Å². The van der Waals surface area contributed by atoms with Crippen LogP contribution >= 0.6 is 11.6 Å². The van der Waals surface area contributed by atoms with Crippen LogP contribution in [0.5, 0.6) is 0 Å². The number of hydrogen-bond donors (Lipinski definition) is 2. The molecule has 0 radical (unpaired) electrons. The SMILES string of the molecule is O=C(OCc1c(F)cccc1Cl)c1cc(NS(=O)(=O)c2ccc(F)cc2)cc(NS(=O)(=O)c2ccc(F)cc2)c1. The molecule has 0 unspecified atom stereocenters. The van der Waals surface area contributed by atoms with Crippen molar-refractivity contribution >= 4 is 49.0 Å². The lowest BCUT2D eigenvalue weighted by Crippen LogP contribution is -2.16. The number of ether oxygens (including phenoxy) is 1. The topological polar surface area (TPSA) is 119 Å². The van der Waals surface area contributed by atoms with Gasteiger partial charge in [0.15, 0.2) is 0 Å². The van der Waals surface area contributed by atoms with Crippen LogP contribution in [0.25, 0.3) is 0 Å². The van der Waals surface area contributed by atoms with Gasteiger partial charge in [-0.2, -0.15) is 0 Å². The van der Waals surface area contributed by atoms with Crippen molar-refractivity contribution in [2.75, 3.05) is 9.44 Å². The predicted molar refractivity (Wildman–Crippen MR) is 141 cm³/mol. The molecule has 0 saturated carbocycles. The summed E-state index contributed by atoms with van der Waals surface area (Å²) in [7, 11) is -8.62. The van der Waals surface area contributed by atoms with Gasteiger partial charge in [0.2, 0.25) is 0 Å². The van der Waals surface area contributed by atoms with Crippen molar-refractivity contribution in [3.63, 3.8) is 0 Å². The number of carbonyl (C=O) groups is 1. The van der Waals surface area contributed by atoms with Gasteiger partial charge in [-0.1, -0.05) is 17.7 Å². The van der Waals surface area contributed by atoms with Gasteiger partial charge in [-0.05, 0) is 78.9 Å². The lowest BCUT2D eigenvalue weighted by Gasteiger charge is -2.14. The quantitative estimate of drug-likeness (QED) is 0.234. The van der Waals surface area contributed by atoms with Crippen molar-refractivity contribution in [1.82, 2.24) is 0 Å². The average molecular weight is 611 g/mol. The Morgan fingerprint density at radius 3 is 1.65 bits per heavy atom. The maximum Gasteiger partial charge on any atom is 0.338 e. The van der Waals surface area contributed by atoms with Gasteiger partial charge in [0.05, 0.1) is 31.8 Å². The van der Waals surface area contributed by atoms with E-state index in [0.29, 0.717) is 0 Å². The molecular weight excluding hydrogens is 593 g/mol. The second-order valence-corrected chi connectivity index (χ2v) is 12.0. The summed E-state index contributed by atoms with van der Waals surface area (Å²) in [6.07, 6.45) is 0. The van der Waals surface area contributed by atoms with Gasteiger partial charge in [0.25, 0.3) is 20.0 Å². The third kappa shape index (κ3) is 6.92. The molecule has 0 aliphatic heterocycles. The Balaban J connectivity index is 1.68. The number of halogens is 4. The third-order valence-corrected chi connectivity index (χ3v) is 8.48. The van der Waals surface area contributed by atoms with Crippen LogP contribution < -0.4 is 9.44 Å². The highest BCUT2D eigenvalue weighted by molar-refractivity contribution is 7.93. The monoisotopic (exact) mass is 610 g/mol. The first-order valence-electron chi connectivity index (χ1n) is 11.2. The molecule has 8 nitrogen and oxygen atoms in total. The van der Waals surface area contributed by atoms with E-state index < -0.39 is 50.1 Å². The fourth-order valence-corrected chi connectivity index (χ4v) is 5.71. The molecule has 14 heteroatoms. The van der Waals surface area contributed by atoms with E-state index >= 15 is 0 Å². The maximum atomic E-state index is 14.1. The van der Waals surface area contributed by atoms with E-state index in [1.807, 2.05) is 0 Å². The lowest BCUT2D eigenvalue weighted by atomic mass is 10.2. The lowest BCUT2D eigenvalue weighted by molar-refractivity contribution is 0.0469. The maximum absolute atomic E-state index is 14.1. The molecule has 0 fully saturated rings. The molecule has 4 aromatic carbocycles. The molecule has 0 atom stereocenters.